The number of esters is 1. The summed E-state index contributed by atoms with van der Waals surface area (Å²) in [4.78, 5) is 28.6. The molecule has 20 nitrogen and oxygen atoms in total. The molecule has 388 valence electrons. The van der Waals surface area contributed by atoms with E-state index >= 15 is 0 Å². The summed E-state index contributed by atoms with van der Waals surface area (Å²) in [7, 11) is 0. The van der Waals surface area contributed by atoms with E-state index in [9.17, 15) is 70.9 Å². The first-order chi connectivity index (χ1) is 31.8. The maximum atomic E-state index is 15.0. The van der Waals surface area contributed by atoms with Crippen molar-refractivity contribution in [3.05, 3.63) is 11.6 Å². The molecule has 0 aromatic carbocycles. The first kappa shape index (κ1) is 52.4. The fourth-order valence-corrected chi connectivity index (χ4v) is 14.9. The SMILES string of the molecule is CC1(C)CCC2(C(=O)OC3OC(COC4OC(CO)C(O)C(O)C4O)C(O)C(O)C3O)CCC3(C)C(=CCC4C5(C)CCC(OC6OC(CO)C(O)C(O)C6O)C(C)(C(=O)O)C5CCC43C)C2C1. The highest BCUT2D eigenvalue weighted by molar-refractivity contribution is 5.79. The van der Waals surface area contributed by atoms with Gasteiger partial charge in [0.05, 0.1) is 36.8 Å². The zero-order chi connectivity index (χ0) is 49.8. The standard InChI is InChI=1S/C48H76O20/c1-43(2)13-15-48(42(62)68-40-37(59)34(56)31(53)25(66-40)20-63-38-35(57)32(54)29(51)23(18-49)64-38)16-14-45(4)21(22(48)17-43)7-8-26-44(3)11-10-28(47(6,41(60)61)27(44)9-12-46(26,45)5)67-39-36(58)33(55)30(52)24(19-50)65-39/h7,22-40,49-59H,8-20H2,1-6H3,(H,60,61). The number of hydrogen-bond acceptors (Lipinski definition) is 19. The van der Waals surface area contributed by atoms with Crippen molar-refractivity contribution in [1.29, 1.82) is 0 Å². The number of allylic oxidation sites excluding steroid dienone is 2. The highest BCUT2D eigenvalue weighted by Crippen LogP contribution is 2.76. The smallest absolute Gasteiger partial charge is 0.315 e. The van der Waals surface area contributed by atoms with Gasteiger partial charge in [0, 0.05) is 0 Å². The third-order valence-electron chi connectivity index (χ3n) is 19.4. The van der Waals surface area contributed by atoms with Crippen LogP contribution in [0.15, 0.2) is 11.6 Å². The Bertz CT molecular complexity index is 1900. The van der Waals surface area contributed by atoms with Crippen LogP contribution in [-0.4, -0.2) is 191 Å². The van der Waals surface area contributed by atoms with Crippen LogP contribution in [0.1, 0.15) is 106 Å². The molecule has 3 heterocycles. The van der Waals surface area contributed by atoms with E-state index in [1.807, 2.05) is 0 Å². The molecule has 4 saturated carbocycles. The van der Waals surface area contributed by atoms with E-state index < -0.39 is 152 Å². The number of aliphatic hydroxyl groups is 11. The van der Waals surface area contributed by atoms with E-state index in [0.717, 1.165) is 5.57 Å². The van der Waals surface area contributed by atoms with Crippen LogP contribution >= 0.6 is 0 Å². The molecule has 0 aromatic heterocycles. The molecule has 0 amide bonds. The number of carbonyl (C=O) groups excluding carboxylic acids is 1. The van der Waals surface area contributed by atoms with Crippen LogP contribution < -0.4 is 0 Å². The van der Waals surface area contributed by atoms with Gasteiger partial charge in [-0.3, -0.25) is 9.59 Å². The average Bonchev–Trinajstić information content (AvgIpc) is 3.29. The molecule has 20 heteroatoms. The van der Waals surface area contributed by atoms with E-state index in [1.165, 1.54) is 0 Å². The van der Waals surface area contributed by atoms with Gasteiger partial charge in [-0.05, 0) is 111 Å². The lowest BCUT2D eigenvalue weighted by atomic mass is 9.33. The Kier molecular flexibility index (Phi) is 14.3. The second-order valence-electron chi connectivity index (χ2n) is 23.3. The molecular weight excluding hydrogens is 897 g/mol. The van der Waals surface area contributed by atoms with Gasteiger partial charge in [-0.15, -0.1) is 0 Å². The minimum Gasteiger partial charge on any atom is -0.481 e. The van der Waals surface area contributed by atoms with Crippen molar-refractivity contribution >= 4 is 11.9 Å². The molecular formula is C48H76O20. The molecule has 24 unspecified atom stereocenters. The number of carboxylic acid groups (broad SMARTS) is 1. The number of ether oxygens (including phenoxy) is 6. The normalized spacial score (nSPS) is 53.4. The molecule has 7 fully saturated rings. The summed E-state index contributed by atoms with van der Waals surface area (Å²) in [5.74, 6) is -2.31. The maximum Gasteiger partial charge on any atom is 0.315 e. The lowest BCUT2D eigenvalue weighted by Crippen LogP contribution is -2.67. The van der Waals surface area contributed by atoms with Crippen LogP contribution in [0.4, 0.5) is 0 Å². The van der Waals surface area contributed by atoms with Crippen molar-refractivity contribution < 1.29 is 99.3 Å². The van der Waals surface area contributed by atoms with Crippen LogP contribution in [-0.2, 0) is 38.0 Å². The third-order valence-corrected chi connectivity index (χ3v) is 19.4. The molecule has 5 aliphatic carbocycles. The van der Waals surface area contributed by atoms with Gasteiger partial charge in [-0.25, -0.2) is 0 Å². The molecule has 8 aliphatic rings. The second kappa shape index (κ2) is 18.5. The van der Waals surface area contributed by atoms with Gasteiger partial charge in [-0.2, -0.15) is 0 Å². The highest BCUT2D eigenvalue weighted by Gasteiger charge is 2.72. The molecule has 12 N–H and O–H groups in total. The Morgan fingerprint density at radius 1 is 0.632 bits per heavy atom. The molecule has 24 atom stereocenters. The Hall–Kier alpha value is -1.96. The van der Waals surface area contributed by atoms with Gasteiger partial charge in [-0.1, -0.05) is 46.3 Å². The fourth-order valence-electron chi connectivity index (χ4n) is 14.9. The molecule has 8 rings (SSSR count). The molecule has 3 aliphatic heterocycles. The van der Waals surface area contributed by atoms with Crippen LogP contribution in [0.2, 0.25) is 0 Å². The predicted molar refractivity (Wildman–Crippen MR) is 232 cm³/mol. The van der Waals surface area contributed by atoms with E-state index in [0.29, 0.717) is 64.2 Å². The summed E-state index contributed by atoms with van der Waals surface area (Å²) in [6.07, 6.45) is -17.2. The third kappa shape index (κ3) is 8.03. The van der Waals surface area contributed by atoms with Gasteiger partial charge >= 0.3 is 11.9 Å². The number of aliphatic hydroxyl groups excluding tert-OH is 11. The van der Waals surface area contributed by atoms with Crippen LogP contribution in [0, 0.1) is 50.2 Å². The van der Waals surface area contributed by atoms with Crippen molar-refractivity contribution in [2.45, 2.75) is 204 Å². The van der Waals surface area contributed by atoms with E-state index in [-0.39, 0.29) is 28.6 Å². The number of aliphatic carboxylic acids is 1. The highest BCUT2D eigenvalue weighted by atomic mass is 16.7. The summed E-state index contributed by atoms with van der Waals surface area (Å²) < 4.78 is 35.0. The first-order valence-corrected chi connectivity index (χ1v) is 24.5. The minimum atomic E-state index is -1.85. The van der Waals surface area contributed by atoms with E-state index in [4.69, 9.17) is 28.4 Å². The number of fused-ring (bicyclic) bond motifs is 7. The lowest BCUT2D eigenvalue weighted by Gasteiger charge is -2.71. The number of hydrogen-bond donors (Lipinski definition) is 12. The summed E-state index contributed by atoms with van der Waals surface area (Å²) in [5.41, 5.74) is -2.77. The average molecular weight is 973 g/mol. The van der Waals surface area contributed by atoms with Crippen molar-refractivity contribution in [3.63, 3.8) is 0 Å². The predicted octanol–water partition coefficient (Wildman–Crippen LogP) is -0.795. The van der Waals surface area contributed by atoms with Crippen LogP contribution in [0.25, 0.3) is 0 Å². The van der Waals surface area contributed by atoms with Crippen molar-refractivity contribution in [2.75, 3.05) is 19.8 Å². The van der Waals surface area contributed by atoms with Crippen LogP contribution in [0.5, 0.6) is 0 Å². The van der Waals surface area contributed by atoms with E-state index in [1.54, 1.807) is 6.92 Å². The summed E-state index contributed by atoms with van der Waals surface area (Å²) >= 11 is 0. The zero-order valence-electron chi connectivity index (χ0n) is 39.9. The van der Waals surface area contributed by atoms with Gasteiger partial charge in [0.2, 0.25) is 6.29 Å². The molecule has 0 bridgehead atoms. The Balaban J connectivity index is 1.03. The van der Waals surface area contributed by atoms with Crippen LogP contribution in [0.3, 0.4) is 0 Å². The molecule has 0 spiro atoms. The Labute approximate surface area is 396 Å². The Morgan fingerprint density at radius 2 is 1.18 bits per heavy atom. The molecule has 0 aromatic rings. The summed E-state index contributed by atoms with van der Waals surface area (Å²) in [6, 6.07) is 0. The quantitative estimate of drug-likeness (QED) is 0.0725. The van der Waals surface area contributed by atoms with Gasteiger partial charge in [0.1, 0.15) is 73.2 Å². The van der Waals surface area contributed by atoms with Gasteiger partial charge in [0.25, 0.3) is 0 Å². The molecule has 0 radical (unpaired) electrons. The van der Waals surface area contributed by atoms with E-state index in [2.05, 4.69) is 40.7 Å². The number of rotatable bonds is 10. The fraction of sp³-hybridized carbons (Fsp3) is 0.917. The van der Waals surface area contributed by atoms with Gasteiger partial charge in [0.15, 0.2) is 12.6 Å². The Morgan fingerprint density at radius 3 is 1.78 bits per heavy atom. The topological polar surface area (TPSA) is 332 Å². The van der Waals surface area contributed by atoms with Gasteiger partial charge < -0.3 is 89.7 Å². The van der Waals surface area contributed by atoms with Crippen molar-refractivity contribution in [3.8, 4) is 0 Å². The number of carbonyl (C=O) groups is 2. The van der Waals surface area contributed by atoms with Crippen molar-refractivity contribution in [2.24, 2.45) is 50.2 Å². The van der Waals surface area contributed by atoms with Crippen molar-refractivity contribution in [1.82, 2.24) is 0 Å². The minimum absolute atomic E-state index is 0.0197. The molecule has 3 saturated heterocycles. The first-order valence-electron chi connectivity index (χ1n) is 24.5. The lowest BCUT2D eigenvalue weighted by molar-refractivity contribution is -0.329. The summed E-state index contributed by atoms with van der Waals surface area (Å²) in [6.45, 7) is 10.9. The zero-order valence-corrected chi connectivity index (χ0v) is 39.9. The second-order valence-corrected chi connectivity index (χ2v) is 23.3. The summed E-state index contributed by atoms with van der Waals surface area (Å²) in [5, 5.41) is 126. The largest absolute Gasteiger partial charge is 0.481 e. The molecule has 68 heavy (non-hydrogen) atoms. The maximum absolute atomic E-state index is 15.0. The monoisotopic (exact) mass is 972 g/mol. The number of carboxylic acids is 1.